The Morgan fingerprint density at radius 3 is 2.71 bits per heavy atom. The molecule has 0 bridgehead atoms. The summed E-state index contributed by atoms with van der Waals surface area (Å²) in [6.07, 6.45) is 3.16. The van der Waals surface area contributed by atoms with Crippen molar-refractivity contribution in [3.8, 4) is 11.3 Å². The van der Waals surface area contributed by atoms with Crippen molar-refractivity contribution in [1.82, 2.24) is 19.8 Å². The Morgan fingerprint density at radius 2 is 1.94 bits per heavy atom. The number of rotatable bonds is 1. The number of hydrogen-bond acceptors (Lipinski definition) is 4. The normalized spacial score (nSPS) is 10.9. The first-order chi connectivity index (χ1) is 8.24. The first-order valence-electron chi connectivity index (χ1n) is 4.96. The van der Waals surface area contributed by atoms with E-state index in [-0.39, 0.29) is 5.82 Å². The lowest BCUT2D eigenvalue weighted by Gasteiger charge is -1.97. The van der Waals surface area contributed by atoms with E-state index in [4.69, 9.17) is 5.73 Å². The Morgan fingerprint density at radius 1 is 1.18 bits per heavy atom. The zero-order valence-electron chi connectivity index (χ0n) is 8.71. The molecule has 0 saturated carbocycles. The molecule has 6 heteroatoms. The third-order valence-electron chi connectivity index (χ3n) is 2.39. The largest absolute Gasteiger partial charge is 0.396 e. The van der Waals surface area contributed by atoms with Crippen LogP contribution in [0, 0.1) is 5.82 Å². The van der Waals surface area contributed by atoms with E-state index >= 15 is 0 Å². The maximum absolute atomic E-state index is 12.8. The Kier molecular flexibility index (Phi) is 2.01. The van der Waals surface area contributed by atoms with Crippen LogP contribution in [-0.4, -0.2) is 19.8 Å². The molecule has 0 atom stereocenters. The lowest BCUT2D eigenvalue weighted by Crippen LogP contribution is -1.94. The number of nitrogens with zero attached hydrogens (tertiary/aromatic N) is 4. The van der Waals surface area contributed by atoms with E-state index in [0.717, 1.165) is 5.56 Å². The highest BCUT2D eigenvalue weighted by atomic mass is 19.1. The molecule has 0 aliphatic heterocycles. The van der Waals surface area contributed by atoms with Crippen molar-refractivity contribution in [2.75, 3.05) is 5.73 Å². The molecule has 2 heterocycles. The molecule has 0 spiro atoms. The molecule has 0 aliphatic rings. The molecule has 2 N–H and O–H groups in total. The fourth-order valence-electron chi connectivity index (χ4n) is 1.60. The molecule has 5 nitrogen and oxygen atoms in total. The molecule has 0 fully saturated rings. The Labute approximate surface area is 95.7 Å². The second kappa shape index (κ2) is 3.51. The number of fused-ring (bicyclic) bond motifs is 1. The summed E-state index contributed by atoms with van der Waals surface area (Å²) in [6.45, 7) is 0. The van der Waals surface area contributed by atoms with Crippen LogP contribution in [0.3, 0.4) is 0 Å². The van der Waals surface area contributed by atoms with Crippen molar-refractivity contribution >= 4 is 11.3 Å². The summed E-state index contributed by atoms with van der Waals surface area (Å²) in [5, 5.41) is 7.92. The summed E-state index contributed by atoms with van der Waals surface area (Å²) in [5.41, 5.74) is 8.05. The van der Waals surface area contributed by atoms with Crippen molar-refractivity contribution in [2.24, 2.45) is 0 Å². The Balaban J connectivity index is 2.21. The lowest BCUT2D eigenvalue weighted by atomic mass is 10.1. The van der Waals surface area contributed by atoms with Gasteiger partial charge in [-0.25, -0.2) is 9.37 Å². The van der Waals surface area contributed by atoms with Crippen LogP contribution in [0.1, 0.15) is 0 Å². The quantitative estimate of drug-likeness (QED) is 0.686. The molecule has 0 unspecified atom stereocenters. The molecular formula is C11H8FN5. The Hall–Kier alpha value is -2.50. The maximum Gasteiger partial charge on any atom is 0.183 e. The van der Waals surface area contributed by atoms with Gasteiger partial charge in [-0.15, -0.1) is 5.10 Å². The van der Waals surface area contributed by atoms with E-state index in [1.807, 2.05) is 0 Å². The number of nitrogens with two attached hydrogens (primary N) is 1. The van der Waals surface area contributed by atoms with Crippen molar-refractivity contribution in [2.45, 2.75) is 0 Å². The van der Waals surface area contributed by atoms with Crippen LogP contribution < -0.4 is 5.73 Å². The van der Waals surface area contributed by atoms with Crippen molar-refractivity contribution in [3.05, 3.63) is 42.5 Å². The van der Waals surface area contributed by atoms with Gasteiger partial charge in [0.25, 0.3) is 0 Å². The minimum Gasteiger partial charge on any atom is -0.396 e. The summed E-state index contributed by atoms with van der Waals surface area (Å²) in [4.78, 5) is 4.16. The minimum atomic E-state index is -0.289. The highest BCUT2D eigenvalue weighted by Gasteiger charge is 2.09. The topological polar surface area (TPSA) is 69.1 Å². The van der Waals surface area contributed by atoms with Gasteiger partial charge >= 0.3 is 0 Å². The van der Waals surface area contributed by atoms with Gasteiger partial charge in [0.1, 0.15) is 11.5 Å². The smallest absolute Gasteiger partial charge is 0.183 e. The van der Waals surface area contributed by atoms with Crippen LogP contribution >= 0.6 is 0 Å². The predicted octanol–water partition coefficient (Wildman–Crippen LogP) is 1.51. The summed E-state index contributed by atoms with van der Waals surface area (Å²) < 4.78 is 14.3. The molecule has 3 aromatic rings. The molecule has 0 aliphatic carbocycles. The van der Waals surface area contributed by atoms with Crippen molar-refractivity contribution < 1.29 is 4.39 Å². The predicted molar refractivity (Wildman–Crippen MR) is 60.6 cm³/mol. The maximum atomic E-state index is 12.8. The fourth-order valence-corrected chi connectivity index (χ4v) is 1.60. The van der Waals surface area contributed by atoms with E-state index in [9.17, 15) is 4.39 Å². The van der Waals surface area contributed by atoms with Gasteiger partial charge in [-0.05, 0) is 24.3 Å². The number of nitrogen functional groups attached to an aromatic ring is 1. The number of benzene rings is 1. The molecule has 2 aromatic heterocycles. The fraction of sp³-hybridized carbons (Fsp3) is 0. The third kappa shape index (κ3) is 1.59. The van der Waals surface area contributed by atoms with Gasteiger partial charge in [-0.2, -0.15) is 4.52 Å². The van der Waals surface area contributed by atoms with E-state index in [1.54, 1.807) is 18.3 Å². The Bertz CT molecular complexity index is 674. The zero-order chi connectivity index (χ0) is 11.8. The molecule has 0 amide bonds. The van der Waals surface area contributed by atoms with Crippen LogP contribution in [0.15, 0.2) is 36.7 Å². The van der Waals surface area contributed by atoms with Crippen LogP contribution in [0.5, 0.6) is 0 Å². The van der Waals surface area contributed by atoms with Crippen LogP contribution in [0.25, 0.3) is 16.9 Å². The first kappa shape index (κ1) is 9.71. The molecule has 0 radical (unpaired) electrons. The molecule has 1 aromatic carbocycles. The van der Waals surface area contributed by atoms with Crippen LogP contribution in [-0.2, 0) is 0 Å². The molecule has 84 valence electrons. The van der Waals surface area contributed by atoms with Crippen molar-refractivity contribution in [3.63, 3.8) is 0 Å². The third-order valence-corrected chi connectivity index (χ3v) is 2.39. The summed E-state index contributed by atoms with van der Waals surface area (Å²) in [5.74, 6) is -0.289. The summed E-state index contributed by atoms with van der Waals surface area (Å²) in [6, 6.07) is 6.02. The highest BCUT2D eigenvalue weighted by molar-refractivity contribution is 5.73. The van der Waals surface area contributed by atoms with Crippen molar-refractivity contribution in [1.29, 1.82) is 0 Å². The minimum absolute atomic E-state index is 0.289. The number of hydrogen-bond donors (Lipinski definition) is 1. The molecular weight excluding hydrogens is 221 g/mol. The summed E-state index contributed by atoms with van der Waals surface area (Å²) in [7, 11) is 0. The van der Waals surface area contributed by atoms with Gasteiger partial charge in [0, 0.05) is 5.56 Å². The standard InChI is InChI=1S/C11H8FN5/c12-8-3-1-7(2-4-8)10-11-14-5-9(13)6-17(11)16-15-10/h1-6H,13H2. The second-order valence-electron chi connectivity index (χ2n) is 3.60. The van der Waals surface area contributed by atoms with Gasteiger partial charge in [0.05, 0.1) is 18.1 Å². The van der Waals surface area contributed by atoms with E-state index in [1.165, 1.54) is 22.8 Å². The first-order valence-corrected chi connectivity index (χ1v) is 4.96. The lowest BCUT2D eigenvalue weighted by molar-refractivity contribution is 0.628. The van der Waals surface area contributed by atoms with Crippen LogP contribution in [0.2, 0.25) is 0 Å². The van der Waals surface area contributed by atoms with Crippen LogP contribution in [0.4, 0.5) is 10.1 Å². The zero-order valence-corrected chi connectivity index (χ0v) is 8.71. The van der Waals surface area contributed by atoms with Gasteiger partial charge in [0.2, 0.25) is 0 Å². The second-order valence-corrected chi connectivity index (χ2v) is 3.60. The van der Waals surface area contributed by atoms with Gasteiger partial charge in [-0.1, -0.05) is 5.21 Å². The highest BCUT2D eigenvalue weighted by Crippen LogP contribution is 2.21. The van der Waals surface area contributed by atoms with Gasteiger partial charge in [-0.3, -0.25) is 0 Å². The van der Waals surface area contributed by atoms with E-state index < -0.39 is 0 Å². The number of aromatic nitrogens is 4. The number of anilines is 1. The number of halogens is 1. The average Bonchev–Trinajstić information content (AvgIpc) is 2.73. The summed E-state index contributed by atoms with van der Waals surface area (Å²) >= 11 is 0. The molecule has 0 saturated heterocycles. The van der Waals surface area contributed by atoms with E-state index in [2.05, 4.69) is 15.3 Å². The van der Waals surface area contributed by atoms with E-state index in [0.29, 0.717) is 17.0 Å². The molecule has 17 heavy (non-hydrogen) atoms. The monoisotopic (exact) mass is 229 g/mol. The van der Waals surface area contributed by atoms with Gasteiger partial charge in [0.15, 0.2) is 5.65 Å². The SMILES string of the molecule is Nc1cnc2c(-c3ccc(F)cc3)nnn2c1. The average molecular weight is 229 g/mol. The van der Waals surface area contributed by atoms with Gasteiger partial charge < -0.3 is 5.73 Å². The molecule has 3 rings (SSSR count).